The molecule has 0 spiro atoms. The molecule has 0 radical (unpaired) electrons. The van der Waals surface area contributed by atoms with E-state index >= 15 is 0 Å². The molecule has 3 nitrogen and oxygen atoms in total. The second-order valence-electron chi connectivity index (χ2n) is 5.27. The van der Waals surface area contributed by atoms with E-state index in [2.05, 4.69) is 51.3 Å². The molecule has 0 fully saturated rings. The highest BCUT2D eigenvalue weighted by Gasteiger charge is 2.35. The van der Waals surface area contributed by atoms with E-state index in [1.807, 2.05) is 0 Å². The molecule has 0 aliphatic carbocycles. The minimum Gasteiger partial charge on any atom is -0.377 e. The number of nitrogens with one attached hydrogen (secondary N) is 1. The highest BCUT2D eigenvalue weighted by molar-refractivity contribution is 5.34. The Morgan fingerprint density at radius 1 is 1.21 bits per heavy atom. The number of ether oxygens (including phenoxy) is 1. The number of rotatable bonds is 7. The molecule has 0 saturated carbocycles. The van der Waals surface area contributed by atoms with Gasteiger partial charge in [-0.05, 0) is 49.8 Å². The van der Waals surface area contributed by atoms with E-state index in [1.54, 1.807) is 7.11 Å². The highest BCUT2D eigenvalue weighted by Crippen LogP contribution is 2.28. The van der Waals surface area contributed by atoms with Crippen molar-refractivity contribution in [3.05, 3.63) is 34.9 Å². The van der Waals surface area contributed by atoms with Gasteiger partial charge in [0.05, 0.1) is 11.6 Å². The summed E-state index contributed by atoms with van der Waals surface area (Å²) in [6.07, 6.45) is 2.78. The van der Waals surface area contributed by atoms with E-state index in [0.717, 1.165) is 19.3 Å². The number of hydrogen-bond donors (Lipinski definition) is 2. The molecule has 0 saturated heterocycles. The first-order chi connectivity index (χ1) is 9.04. The molecule has 0 aliphatic rings. The van der Waals surface area contributed by atoms with Crippen molar-refractivity contribution in [3.63, 3.8) is 0 Å². The van der Waals surface area contributed by atoms with Gasteiger partial charge >= 0.3 is 0 Å². The van der Waals surface area contributed by atoms with Crippen molar-refractivity contribution in [2.24, 2.45) is 5.84 Å². The number of hydrazine groups is 1. The van der Waals surface area contributed by atoms with E-state index in [1.165, 1.54) is 16.7 Å². The second-order valence-corrected chi connectivity index (χ2v) is 5.27. The van der Waals surface area contributed by atoms with Gasteiger partial charge in [-0.2, -0.15) is 0 Å². The van der Waals surface area contributed by atoms with Crippen LogP contribution in [0.4, 0.5) is 0 Å². The lowest BCUT2D eigenvalue weighted by atomic mass is 9.83. The molecular weight excluding hydrogens is 236 g/mol. The fourth-order valence-corrected chi connectivity index (χ4v) is 2.95. The number of aryl methyl sites for hydroxylation is 2. The smallest absolute Gasteiger partial charge is 0.0842 e. The summed E-state index contributed by atoms with van der Waals surface area (Å²) < 4.78 is 5.80. The molecule has 3 N–H and O–H groups in total. The molecule has 1 aromatic carbocycles. The van der Waals surface area contributed by atoms with Crippen LogP contribution in [0.1, 0.15) is 43.4 Å². The normalized spacial score (nSPS) is 13.6. The zero-order valence-corrected chi connectivity index (χ0v) is 12.9. The second kappa shape index (κ2) is 7.04. The Morgan fingerprint density at radius 3 is 2.11 bits per heavy atom. The maximum Gasteiger partial charge on any atom is 0.0842 e. The maximum atomic E-state index is 5.80. The van der Waals surface area contributed by atoms with E-state index in [-0.39, 0.29) is 11.6 Å². The Bertz CT molecular complexity index is 371. The van der Waals surface area contributed by atoms with Gasteiger partial charge in [0.1, 0.15) is 0 Å². The Labute approximate surface area is 117 Å². The number of nitrogens with two attached hydrogens (primary N) is 1. The van der Waals surface area contributed by atoms with Crippen molar-refractivity contribution in [1.29, 1.82) is 0 Å². The molecule has 0 heterocycles. The van der Waals surface area contributed by atoms with Gasteiger partial charge in [0.2, 0.25) is 0 Å². The van der Waals surface area contributed by atoms with E-state index < -0.39 is 0 Å². The fraction of sp³-hybridized carbons (Fsp3) is 0.625. The van der Waals surface area contributed by atoms with Crippen LogP contribution >= 0.6 is 0 Å². The molecule has 1 unspecified atom stereocenters. The SMILES string of the molecule is CCC(CC)(OC)C(Cc1c(C)cccc1C)NN. The Hall–Kier alpha value is -0.900. The van der Waals surface area contributed by atoms with Crippen LogP contribution in [0.25, 0.3) is 0 Å². The van der Waals surface area contributed by atoms with Crippen LogP contribution in [0.3, 0.4) is 0 Å². The number of hydrogen-bond acceptors (Lipinski definition) is 3. The van der Waals surface area contributed by atoms with Crippen LogP contribution in [0.2, 0.25) is 0 Å². The summed E-state index contributed by atoms with van der Waals surface area (Å²) in [6, 6.07) is 6.53. The van der Waals surface area contributed by atoms with Crippen molar-refractivity contribution in [3.8, 4) is 0 Å². The molecule has 0 amide bonds. The minimum absolute atomic E-state index is 0.118. The summed E-state index contributed by atoms with van der Waals surface area (Å²) in [7, 11) is 1.78. The lowest BCUT2D eigenvalue weighted by Gasteiger charge is -2.38. The first-order valence-electron chi connectivity index (χ1n) is 7.11. The van der Waals surface area contributed by atoms with E-state index in [9.17, 15) is 0 Å². The first-order valence-corrected chi connectivity index (χ1v) is 7.11. The molecule has 0 aromatic heterocycles. The third-order valence-electron chi connectivity index (χ3n) is 4.49. The van der Waals surface area contributed by atoms with Crippen molar-refractivity contribution in [2.75, 3.05) is 7.11 Å². The van der Waals surface area contributed by atoms with Crippen LogP contribution in [0.5, 0.6) is 0 Å². The maximum absolute atomic E-state index is 5.80. The standard InChI is InChI=1S/C16H28N2O/c1-6-16(7-2,19-5)15(18-17)11-14-12(3)9-8-10-13(14)4/h8-10,15,18H,6-7,11,17H2,1-5H3. The van der Waals surface area contributed by atoms with Crippen LogP contribution in [-0.4, -0.2) is 18.8 Å². The minimum atomic E-state index is -0.205. The van der Waals surface area contributed by atoms with Gasteiger partial charge in [-0.15, -0.1) is 0 Å². The predicted molar refractivity (Wildman–Crippen MR) is 81.1 cm³/mol. The Balaban J connectivity index is 3.05. The molecular formula is C16H28N2O. The topological polar surface area (TPSA) is 47.3 Å². The van der Waals surface area contributed by atoms with Gasteiger partial charge in [0.15, 0.2) is 0 Å². The van der Waals surface area contributed by atoms with Gasteiger partial charge in [-0.1, -0.05) is 32.0 Å². The van der Waals surface area contributed by atoms with Gasteiger partial charge in [0, 0.05) is 7.11 Å². The lowest BCUT2D eigenvalue weighted by molar-refractivity contribution is -0.0473. The molecule has 0 aliphatic heterocycles. The Kier molecular flexibility index (Phi) is 5.98. The summed E-state index contributed by atoms with van der Waals surface area (Å²) in [4.78, 5) is 0. The largest absolute Gasteiger partial charge is 0.377 e. The van der Waals surface area contributed by atoms with Crippen molar-refractivity contribution in [2.45, 2.75) is 58.6 Å². The van der Waals surface area contributed by atoms with E-state index in [4.69, 9.17) is 10.6 Å². The lowest BCUT2D eigenvalue weighted by Crippen LogP contribution is -2.55. The number of methoxy groups -OCH3 is 1. The van der Waals surface area contributed by atoms with Crippen LogP contribution in [0, 0.1) is 13.8 Å². The summed E-state index contributed by atoms with van der Waals surface area (Å²) in [5.41, 5.74) is 6.77. The van der Waals surface area contributed by atoms with E-state index in [0.29, 0.717) is 0 Å². The molecule has 19 heavy (non-hydrogen) atoms. The number of benzene rings is 1. The zero-order valence-electron chi connectivity index (χ0n) is 12.9. The molecule has 3 heteroatoms. The average molecular weight is 264 g/mol. The van der Waals surface area contributed by atoms with Crippen LogP contribution in [-0.2, 0) is 11.2 Å². The monoisotopic (exact) mass is 264 g/mol. The summed E-state index contributed by atoms with van der Waals surface area (Å²) >= 11 is 0. The first kappa shape index (κ1) is 16.2. The molecule has 1 rings (SSSR count). The van der Waals surface area contributed by atoms with Gasteiger partial charge in [-0.3, -0.25) is 11.3 Å². The van der Waals surface area contributed by atoms with Crippen LogP contribution in [0.15, 0.2) is 18.2 Å². The quantitative estimate of drug-likeness (QED) is 0.588. The fourth-order valence-electron chi connectivity index (χ4n) is 2.95. The third-order valence-corrected chi connectivity index (χ3v) is 4.49. The Morgan fingerprint density at radius 2 is 1.74 bits per heavy atom. The van der Waals surface area contributed by atoms with Gasteiger partial charge < -0.3 is 4.74 Å². The van der Waals surface area contributed by atoms with Crippen molar-refractivity contribution < 1.29 is 4.74 Å². The van der Waals surface area contributed by atoms with Crippen molar-refractivity contribution >= 4 is 0 Å². The van der Waals surface area contributed by atoms with Gasteiger partial charge in [0.25, 0.3) is 0 Å². The molecule has 0 bridgehead atoms. The highest BCUT2D eigenvalue weighted by atomic mass is 16.5. The average Bonchev–Trinajstić information content (AvgIpc) is 2.43. The third kappa shape index (κ3) is 3.35. The van der Waals surface area contributed by atoms with Crippen molar-refractivity contribution in [1.82, 2.24) is 5.43 Å². The summed E-state index contributed by atoms with van der Waals surface area (Å²) in [5.74, 6) is 5.80. The van der Waals surface area contributed by atoms with Gasteiger partial charge in [-0.25, -0.2) is 0 Å². The summed E-state index contributed by atoms with van der Waals surface area (Å²) in [5, 5.41) is 0. The molecule has 108 valence electrons. The molecule has 1 aromatic rings. The summed E-state index contributed by atoms with van der Waals surface area (Å²) in [6.45, 7) is 8.62. The van der Waals surface area contributed by atoms with Crippen LogP contribution < -0.4 is 11.3 Å². The zero-order chi connectivity index (χ0) is 14.5. The predicted octanol–water partition coefficient (Wildman–Crippen LogP) is 2.88. The molecule has 1 atom stereocenters.